The van der Waals surface area contributed by atoms with E-state index in [0.717, 1.165) is 16.8 Å². The van der Waals surface area contributed by atoms with E-state index < -0.39 is 0 Å². The van der Waals surface area contributed by atoms with Crippen molar-refractivity contribution in [3.05, 3.63) is 29.1 Å². The molecule has 0 amide bonds. The fraction of sp³-hybridized carbons (Fsp3) is 0.500. The van der Waals surface area contributed by atoms with Crippen LogP contribution in [0.4, 0.5) is 0 Å². The number of hydrogen-bond acceptors (Lipinski definition) is 3. The Hall–Kier alpha value is -0.930. The van der Waals surface area contributed by atoms with Crippen LogP contribution >= 0.6 is 0 Å². The van der Waals surface area contributed by atoms with Gasteiger partial charge < -0.3 is 10.5 Å². The molecule has 2 N–H and O–H groups in total. The maximum atomic E-state index is 5.87. The summed E-state index contributed by atoms with van der Waals surface area (Å²) in [6.45, 7) is 4.55. The Balaban J connectivity index is 2.88. The number of nitrogens with zero attached hydrogens (tertiary/aromatic N) is 1. The molecule has 3 nitrogen and oxygen atoms in total. The van der Waals surface area contributed by atoms with Crippen LogP contribution in [0.3, 0.4) is 0 Å². The summed E-state index contributed by atoms with van der Waals surface area (Å²) in [5, 5.41) is 0. The van der Waals surface area contributed by atoms with E-state index in [1.807, 2.05) is 20.0 Å². The van der Waals surface area contributed by atoms with Gasteiger partial charge in [-0.15, -0.1) is 0 Å². The molecule has 0 spiro atoms. The summed E-state index contributed by atoms with van der Waals surface area (Å²) < 4.78 is 4.98. The molecule has 0 radical (unpaired) electrons. The maximum absolute atomic E-state index is 5.87. The topological polar surface area (TPSA) is 48.1 Å². The van der Waals surface area contributed by atoms with E-state index in [-0.39, 0.29) is 6.04 Å². The molecule has 1 unspecified atom stereocenters. The third kappa shape index (κ3) is 2.50. The SMILES string of the molecule is COCC(N)c1ncc(C)cc1C. The van der Waals surface area contributed by atoms with Crippen molar-refractivity contribution in [3.8, 4) is 0 Å². The van der Waals surface area contributed by atoms with Crippen molar-refractivity contribution < 1.29 is 4.74 Å². The average Bonchev–Trinajstić information content (AvgIpc) is 2.04. The number of pyridine rings is 1. The number of hydrogen-bond donors (Lipinski definition) is 1. The highest BCUT2D eigenvalue weighted by molar-refractivity contribution is 5.25. The van der Waals surface area contributed by atoms with Crippen molar-refractivity contribution in [1.82, 2.24) is 4.98 Å². The van der Waals surface area contributed by atoms with Gasteiger partial charge in [-0.1, -0.05) is 6.07 Å². The van der Waals surface area contributed by atoms with Crippen LogP contribution in [0.25, 0.3) is 0 Å². The lowest BCUT2D eigenvalue weighted by molar-refractivity contribution is 0.179. The largest absolute Gasteiger partial charge is 0.383 e. The van der Waals surface area contributed by atoms with Gasteiger partial charge >= 0.3 is 0 Å². The van der Waals surface area contributed by atoms with Gasteiger partial charge in [-0.3, -0.25) is 4.98 Å². The van der Waals surface area contributed by atoms with Crippen LogP contribution in [-0.2, 0) is 4.74 Å². The highest BCUT2D eigenvalue weighted by Gasteiger charge is 2.09. The quantitative estimate of drug-likeness (QED) is 0.763. The molecule has 1 atom stereocenters. The number of nitrogens with two attached hydrogens (primary N) is 1. The van der Waals surface area contributed by atoms with Gasteiger partial charge in [0.1, 0.15) is 0 Å². The molecule has 0 saturated carbocycles. The lowest BCUT2D eigenvalue weighted by Crippen LogP contribution is -2.18. The Labute approximate surface area is 78.9 Å². The number of methoxy groups -OCH3 is 1. The summed E-state index contributed by atoms with van der Waals surface area (Å²) in [6.07, 6.45) is 1.83. The number of rotatable bonds is 3. The fourth-order valence-corrected chi connectivity index (χ4v) is 1.37. The predicted octanol–water partition coefficient (Wildman–Crippen LogP) is 1.34. The standard InChI is InChI=1S/C10H16N2O/c1-7-4-8(2)10(12-5-7)9(11)6-13-3/h4-5,9H,6,11H2,1-3H3. The Morgan fingerprint density at radius 3 is 2.77 bits per heavy atom. The molecular formula is C10H16N2O. The zero-order valence-corrected chi connectivity index (χ0v) is 8.37. The van der Waals surface area contributed by atoms with Gasteiger partial charge in [0.25, 0.3) is 0 Å². The van der Waals surface area contributed by atoms with Crippen LogP contribution in [0.15, 0.2) is 12.3 Å². The number of aromatic nitrogens is 1. The highest BCUT2D eigenvalue weighted by Crippen LogP contribution is 2.13. The Kier molecular flexibility index (Phi) is 3.39. The molecular weight excluding hydrogens is 164 g/mol. The summed E-state index contributed by atoms with van der Waals surface area (Å²) >= 11 is 0. The van der Waals surface area contributed by atoms with Crippen LogP contribution in [0.5, 0.6) is 0 Å². The Bertz CT molecular complexity index is 286. The first-order chi connectivity index (χ1) is 6.15. The lowest BCUT2D eigenvalue weighted by atomic mass is 10.1. The first-order valence-electron chi connectivity index (χ1n) is 4.33. The van der Waals surface area contributed by atoms with E-state index in [9.17, 15) is 0 Å². The van der Waals surface area contributed by atoms with Gasteiger partial charge in [0.2, 0.25) is 0 Å². The monoisotopic (exact) mass is 180 g/mol. The molecule has 0 bridgehead atoms. The first-order valence-corrected chi connectivity index (χ1v) is 4.33. The fourth-order valence-electron chi connectivity index (χ4n) is 1.37. The summed E-state index contributed by atoms with van der Waals surface area (Å²) in [4.78, 5) is 4.29. The lowest BCUT2D eigenvalue weighted by Gasteiger charge is -2.12. The molecule has 1 rings (SSSR count). The van der Waals surface area contributed by atoms with E-state index >= 15 is 0 Å². The van der Waals surface area contributed by atoms with Crippen molar-refractivity contribution in [2.24, 2.45) is 5.73 Å². The average molecular weight is 180 g/mol. The molecule has 0 saturated heterocycles. The van der Waals surface area contributed by atoms with Crippen molar-refractivity contribution in [2.45, 2.75) is 19.9 Å². The van der Waals surface area contributed by atoms with E-state index in [2.05, 4.69) is 11.1 Å². The molecule has 0 fully saturated rings. The van der Waals surface area contributed by atoms with Crippen molar-refractivity contribution in [3.63, 3.8) is 0 Å². The third-order valence-corrected chi connectivity index (χ3v) is 1.95. The van der Waals surface area contributed by atoms with Crippen LogP contribution in [-0.4, -0.2) is 18.7 Å². The minimum Gasteiger partial charge on any atom is -0.383 e. The van der Waals surface area contributed by atoms with E-state index in [4.69, 9.17) is 10.5 Å². The van der Waals surface area contributed by atoms with Crippen LogP contribution in [0.1, 0.15) is 22.9 Å². The summed E-state index contributed by atoms with van der Waals surface area (Å²) in [5.74, 6) is 0. The van der Waals surface area contributed by atoms with Gasteiger partial charge in [0.05, 0.1) is 18.3 Å². The number of aryl methyl sites for hydroxylation is 2. The zero-order valence-electron chi connectivity index (χ0n) is 8.37. The van der Waals surface area contributed by atoms with Gasteiger partial charge in [-0.05, 0) is 25.0 Å². The molecule has 1 heterocycles. The Morgan fingerprint density at radius 2 is 2.23 bits per heavy atom. The second-order valence-corrected chi connectivity index (χ2v) is 3.28. The summed E-state index contributed by atoms with van der Waals surface area (Å²) in [7, 11) is 1.64. The van der Waals surface area contributed by atoms with Crippen LogP contribution < -0.4 is 5.73 Å². The minimum atomic E-state index is -0.120. The van der Waals surface area contributed by atoms with Crippen LogP contribution in [0, 0.1) is 13.8 Å². The maximum Gasteiger partial charge on any atom is 0.0710 e. The second-order valence-electron chi connectivity index (χ2n) is 3.28. The zero-order chi connectivity index (χ0) is 9.84. The molecule has 72 valence electrons. The minimum absolute atomic E-state index is 0.120. The predicted molar refractivity (Wildman–Crippen MR) is 52.5 cm³/mol. The first kappa shape index (κ1) is 10.2. The van der Waals surface area contributed by atoms with Crippen LogP contribution in [0.2, 0.25) is 0 Å². The Morgan fingerprint density at radius 1 is 1.54 bits per heavy atom. The number of ether oxygens (including phenoxy) is 1. The molecule has 0 aliphatic rings. The van der Waals surface area contributed by atoms with Crippen molar-refractivity contribution in [2.75, 3.05) is 13.7 Å². The molecule has 0 aliphatic carbocycles. The summed E-state index contributed by atoms with van der Waals surface area (Å²) in [6, 6.07) is 1.96. The van der Waals surface area contributed by atoms with E-state index in [0.29, 0.717) is 6.61 Å². The molecule has 3 heteroatoms. The van der Waals surface area contributed by atoms with Gasteiger partial charge in [0, 0.05) is 13.3 Å². The normalized spacial score (nSPS) is 12.9. The molecule has 1 aromatic rings. The van der Waals surface area contributed by atoms with Gasteiger partial charge in [-0.25, -0.2) is 0 Å². The van der Waals surface area contributed by atoms with E-state index in [1.165, 1.54) is 0 Å². The molecule has 0 aromatic carbocycles. The molecule has 13 heavy (non-hydrogen) atoms. The van der Waals surface area contributed by atoms with Crippen molar-refractivity contribution >= 4 is 0 Å². The second kappa shape index (κ2) is 4.35. The van der Waals surface area contributed by atoms with Gasteiger partial charge in [-0.2, -0.15) is 0 Å². The highest BCUT2D eigenvalue weighted by atomic mass is 16.5. The van der Waals surface area contributed by atoms with E-state index in [1.54, 1.807) is 7.11 Å². The summed E-state index contributed by atoms with van der Waals surface area (Å²) in [5.41, 5.74) is 9.08. The van der Waals surface area contributed by atoms with Gasteiger partial charge in [0.15, 0.2) is 0 Å². The third-order valence-electron chi connectivity index (χ3n) is 1.95. The smallest absolute Gasteiger partial charge is 0.0710 e. The molecule has 0 aliphatic heterocycles. The van der Waals surface area contributed by atoms with Crippen molar-refractivity contribution in [1.29, 1.82) is 0 Å². The molecule has 1 aromatic heterocycles.